The van der Waals surface area contributed by atoms with Gasteiger partial charge in [0.1, 0.15) is 0 Å². The molecule has 0 spiro atoms. The van der Waals surface area contributed by atoms with Crippen molar-refractivity contribution >= 4 is 51.0 Å². The van der Waals surface area contributed by atoms with Crippen LogP contribution < -0.4 is 5.73 Å². The van der Waals surface area contributed by atoms with Gasteiger partial charge in [0.25, 0.3) is 16.0 Å². The van der Waals surface area contributed by atoms with E-state index in [0.717, 1.165) is 40.8 Å². The molecule has 9 nitrogen and oxygen atoms in total. The van der Waals surface area contributed by atoms with Gasteiger partial charge in [-0.25, -0.2) is 0 Å². The second-order valence-corrected chi connectivity index (χ2v) is 14.5. The maximum Gasteiger partial charge on any atom is 0.291 e. The molecule has 0 aliphatic heterocycles. The molecular weight excluding hydrogens is 918 g/mol. The number of hydrogen-bond donors (Lipinski definition) is 2. The summed E-state index contributed by atoms with van der Waals surface area (Å²) in [6, 6.07) is 63.8. The zero-order valence-corrected chi connectivity index (χ0v) is 36.1. The van der Waals surface area contributed by atoms with Crippen LogP contribution in [0.25, 0.3) is 34.2 Å². The van der Waals surface area contributed by atoms with Crippen molar-refractivity contribution in [1.29, 1.82) is 0 Å². The average Bonchev–Trinajstić information content (AvgIpc) is 4.02. The molecule has 0 amide bonds. The minimum absolute atomic E-state index is 0. The molecule has 0 saturated carbocycles. The molecule has 0 atom stereocenters. The van der Waals surface area contributed by atoms with Crippen molar-refractivity contribution in [3.63, 3.8) is 0 Å². The van der Waals surface area contributed by atoms with Gasteiger partial charge < -0.3 is 10.9 Å². The van der Waals surface area contributed by atoms with E-state index >= 15 is 0 Å². The number of allylic oxidation sites excluding steroid dienone is 3. The second-order valence-electron chi connectivity index (χ2n) is 14.2. The van der Waals surface area contributed by atoms with Crippen LogP contribution in [0.5, 0.6) is 0 Å². The van der Waals surface area contributed by atoms with Crippen LogP contribution in [0.4, 0.5) is 0 Å². The van der Waals surface area contributed by atoms with Gasteiger partial charge in [-0.05, 0) is 74.2 Å². The molecule has 7 aromatic carbocycles. The topological polar surface area (TPSA) is 150 Å². The molecule has 11 heteroatoms. The van der Waals surface area contributed by atoms with Crippen LogP contribution in [0.1, 0.15) is 67.9 Å². The predicted octanol–water partition coefficient (Wildman–Crippen LogP) is 12.6. The van der Waals surface area contributed by atoms with Crippen LogP contribution in [0.2, 0.25) is 0 Å². The van der Waals surface area contributed by atoms with Gasteiger partial charge in [0.05, 0.1) is 10.5 Å². The summed E-state index contributed by atoms with van der Waals surface area (Å²) in [6.45, 7) is 0. The Morgan fingerprint density at radius 1 is 0.531 bits per heavy atom. The molecule has 0 heterocycles. The Kier molecular flexibility index (Phi) is 18.9. The molecule has 327 valence electrons. The summed E-state index contributed by atoms with van der Waals surface area (Å²) >= 11 is 5.16. The van der Waals surface area contributed by atoms with Gasteiger partial charge in [-0.3, -0.25) is 14.9 Å². The number of nitro groups is 1. The van der Waals surface area contributed by atoms with E-state index in [0.29, 0.717) is 12.0 Å². The molecule has 0 unspecified atom stereocenters. The first-order valence-electron chi connectivity index (χ1n) is 19.7. The summed E-state index contributed by atoms with van der Waals surface area (Å²) in [7, 11) is 0. The van der Waals surface area contributed by atoms with Crippen molar-refractivity contribution in [2.24, 2.45) is 5.73 Å². The molecule has 0 bridgehead atoms. The van der Waals surface area contributed by atoms with Gasteiger partial charge in [0.2, 0.25) is 0 Å². The molecule has 3 N–H and O–H groups in total. The summed E-state index contributed by atoms with van der Waals surface area (Å²) < 4.78 is 0. The van der Waals surface area contributed by atoms with E-state index in [4.69, 9.17) is 32.7 Å². The van der Waals surface area contributed by atoms with Gasteiger partial charge in [-0.15, -0.1) is 10.1 Å². The number of benzene rings is 7. The number of nitrogens with two attached hydrogens (primary N) is 1. The second kappa shape index (κ2) is 24.5. The first-order valence-corrected chi connectivity index (χ1v) is 20.0. The molecule has 7 aromatic rings. The van der Waals surface area contributed by atoms with Crippen molar-refractivity contribution in [2.75, 3.05) is 0 Å². The van der Waals surface area contributed by atoms with E-state index in [-0.39, 0.29) is 40.4 Å². The van der Waals surface area contributed by atoms with E-state index in [9.17, 15) is 14.9 Å². The largest absolute Gasteiger partial charge is 0.398 e. The van der Waals surface area contributed by atoms with Gasteiger partial charge in [-0.1, -0.05) is 202 Å². The Hall–Kier alpha value is -7.14. The Balaban J connectivity index is 0.000000184. The summed E-state index contributed by atoms with van der Waals surface area (Å²) in [5, 5.41) is 24.5. The SMILES string of the molecule is C.C1=C(c2ccccc2)Cc2ccccc21.NC1=C(c2ccccc2)Cc2ccccc21.O=C(Cl)c1ccccc1.O=[N+]([O-])C1=C(c2ccccc2)Cc2ccccc21.O=[N+]([O-])O.[Ag]. The number of rotatable bonds is 5. The predicted molar refractivity (Wildman–Crippen MR) is 255 cm³/mol. The van der Waals surface area contributed by atoms with Crippen LogP contribution in [0.15, 0.2) is 194 Å². The van der Waals surface area contributed by atoms with Crippen LogP contribution >= 0.6 is 11.6 Å². The zero-order valence-electron chi connectivity index (χ0n) is 33.8. The fourth-order valence-electron chi connectivity index (χ4n) is 7.40. The van der Waals surface area contributed by atoms with Crippen LogP contribution in [-0.2, 0) is 41.6 Å². The Morgan fingerprint density at radius 2 is 0.922 bits per heavy atom. The first-order chi connectivity index (χ1) is 30.1. The average molecular weight is 964 g/mol. The fourth-order valence-corrected chi connectivity index (χ4v) is 7.52. The fraction of sp³-hybridized carbons (Fsp3) is 0.0755. The third kappa shape index (κ3) is 13.2. The van der Waals surface area contributed by atoms with Crippen molar-refractivity contribution in [3.05, 3.63) is 270 Å². The third-order valence-electron chi connectivity index (χ3n) is 10.3. The molecule has 64 heavy (non-hydrogen) atoms. The number of carbonyl (C=O) groups excluding carboxylic acids is 1. The van der Waals surface area contributed by atoms with Crippen LogP contribution in [-0.4, -0.2) is 20.5 Å². The molecule has 3 aliphatic rings. The monoisotopic (exact) mass is 962 g/mol. The standard InChI is InChI=1S/C15H11NO2.C15H13N.C15H12.C7H5ClO.CH4.Ag.HNO3/c17-16(18)15-13-9-5-4-8-12(13)10-14(15)11-6-2-1-3-7-11;16-15-13-9-5-4-8-12(13)10-14(15)11-6-2-1-3-7-11;1-2-6-12(7-3-1)15-10-13-8-4-5-9-14(13)11-15;8-7(9)6-4-2-1-3-5-6;;;2-1(3)4/h1-9H,10H2;1-9H,10,16H2;1-10H,11H2;1-5H;1H4;;(H,2,3,4). The quantitative estimate of drug-likeness (QED) is 0.0755. The van der Waals surface area contributed by atoms with Crippen LogP contribution in [0, 0.1) is 20.2 Å². The maximum atomic E-state index is 11.3. The number of halogens is 1. The zero-order chi connectivity index (χ0) is 43.8. The van der Waals surface area contributed by atoms with Gasteiger partial charge in [-0.2, -0.15) is 0 Å². The first kappa shape index (κ1) is 49.5. The molecule has 3 aliphatic carbocycles. The number of nitrogens with zero attached hydrogens (tertiary/aromatic N) is 2. The Bertz CT molecular complexity index is 2760. The van der Waals surface area contributed by atoms with Gasteiger partial charge in [0.15, 0.2) is 0 Å². The summed E-state index contributed by atoms with van der Waals surface area (Å²) in [4.78, 5) is 29.8. The number of hydrogen-bond acceptors (Lipinski definition) is 6. The van der Waals surface area contributed by atoms with Gasteiger partial charge in [0, 0.05) is 57.6 Å². The molecule has 0 saturated heterocycles. The Morgan fingerprint density at radius 3 is 1.39 bits per heavy atom. The van der Waals surface area contributed by atoms with E-state index < -0.39 is 10.3 Å². The van der Waals surface area contributed by atoms with Crippen molar-refractivity contribution in [1.82, 2.24) is 0 Å². The smallest absolute Gasteiger partial charge is 0.291 e. The maximum absolute atomic E-state index is 11.3. The van der Waals surface area contributed by atoms with Crippen LogP contribution in [0.3, 0.4) is 0 Å². The third-order valence-corrected chi connectivity index (χ3v) is 10.5. The Labute approximate surface area is 393 Å². The number of fused-ring (bicyclic) bond motifs is 3. The normalized spacial score (nSPS) is 12.1. The van der Waals surface area contributed by atoms with Crippen molar-refractivity contribution < 1.29 is 42.4 Å². The summed E-state index contributed by atoms with van der Waals surface area (Å²) in [5.74, 6) is 0. The molecule has 0 aromatic heterocycles. The molecule has 10 rings (SSSR count). The minimum Gasteiger partial charge on any atom is -0.398 e. The minimum atomic E-state index is -1.50. The summed E-state index contributed by atoms with van der Waals surface area (Å²) in [6.07, 6.45) is 4.95. The van der Waals surface area contributed by atoms with Crippen molar-refractivity contribution in [2.45, 2.75) is 26.7 Å². The summed E-state index contributed by atoms with van der Waals surface area (Å²) in [5.41, 5.74) is 22.0. The van der Waals surface area contributed by atoms with E-state index in [1.807, 2.05) is 72.8 Å². The van der Waals surface area contributed by atoms with E-state index in [2.05, 4.69) is 103 Å². The molecule has 1 radical (unpaired) electrons. The van der Waals surface area contributed by atoms with Gasteiger partial charge >= 0.3 is 0 Å². The van der Waals surface area contributed by atoms with E-state index in [1.54, 1.807) is 24.3 Å². The molecule has 0 fully saturated rings. The molecular formula is C53H46AgClN3O6. The van der Waals surface area contributed by atoms with Crippen molar-refractivity contribution in [3.8, 4) is 0 Å². The van der Waals surface area contributed by atoms with E-state index in [1.165, 1.54) is 44.5 Å². The number of carbonyl (C=O) groups is 1.